The molecule has 0 aliphatic heterocycles. The van der Waals surface area contributed by atoms with Crippen LogP contribution < -0.4 is 0 Å². The average Bonchev–Trinajstić information content (AvgIpc) is 2.71. The molecule has 0 aromatic heterocycles. The summed E-state index contributed by atoms with van der Waals surface area (Å²) in [5, 5.41) is 27.7. The fourth-order valence-electron chi connectivity index (χ4n) is 3.66. The Morgan fingerprint density at radius 1 is 0.759 bits per heavy atom. The van der Waals surface area contributed by atoms with E-state index in [1.807, 2.05) is 0 Å². The van der Waals surface area contributed by atoms with Crippen LogP contribution in [0.1, 0.15) is 122 Å². The van der Waals surface area contributed by atoms with Gasteiger partial charge in [0.1, 0.15) is 6.10 Å². The molecule has 2 unspecified atom stereocenters. The van der Waals surface area contributed by atoms with Crippen LogP contribution in [0.3, 0.4) is 0 Å². The fraction of sp³-hybridized carbons (Fsp3) is 0.958. The van der Waals surface area contributed by atoms with Crippen molar-refractivity contribution in [1.82, 2.24) is 0 Å². The second-order valence-corrected chi connectivity index (χ2v) is 8.39. The van der Waals surface area contributed by atoms with E-state index in [0.29, 0.717) is 25.9 Å². The third kappa shape index (κ3) is 20.4. The summed E-state index contributed by atoms with van der Waals surface area (Å²) in [4.78, 5) is 10.5. The molecular formula is C24H48O5. The lowest BCUT2D eigenvalue weighted by Crippen LogP contribution is -2.32. The van der Waals surface area contributed by atoms with Gasteiger partial charge in [-0.05, 0) is 19.3 Å². The second-order valence-electron chi connectivity index (χ2n) is 8.39. The average molecular weight is 417 g/mol. The van der Waals surface area contributed by atoms with E-state index < -0.39 is 18.2 Å². The number of rotatable bonds is 23. The van der Waals surface area contributed by atoms with E-state index in [1.165, 1.54) is 77.0 Å². The largest absolute Gasteiger partial charge is 0.481 e. The number of aliphatic hydroxyl groups is 2. The number of carbonyl (C=O) groups is 1. The standard InChI is InChI=1S/C24H48O5/c1-2-3-4-5-6-7-8-9-10-11-12-13-14-17-20-29-23(22(26)21-25)18-15-16-19-24(27)28/h22-23,25-26H,2-21H2,1H3,(H,27,28). The third-order valence-corrected chi connectivity index (χ3v) is 5.58. The van der Waals surface area contributed by atoms with Gasteiger partial charge < -0.3 is 20.1 Å². The van der Waals surface area contributed by atoms with Crippen molar-refractivity contribution in [3.63, 3.8) is 0 Å². The van der Waals surface area contributed by atoms with Crippen molar-refractivity contribution in [3.8, 4) is 0 Å². The van der Waals surface area contributed by atoms with E-state index in [0.717, 1.165) is 12.8 Å². The van der Waals surface area contributed by atoms with Crippen LogP contribution in [-0.2, 0) is 9.53 Å². The smallest absolute Gasteiger partial charge is 0.303 e. The zero-order valence-corrected chi connectivity index (χ0v) is 19.0. The number of hydrogen-bond acceptors (Lipinski definition) is 4. The maximum absolute atomic E-state index is 10.5. The Kier molecular flexibility index (Phi) is 21.6. The Morgan fingerprint density at radius 3 is 1.69 bits per heavy atom. The molecule has 5 heteroatoms. The van der Waals surface area contributed by atoms with Crippen molar-refractivity contribution >= 4 is 5.97 Å². The van der Waals surface area contributed by atoms with Gasteiger partial charge in [-0.25, -0.2) is 0 Å². The van der Waals surface area contributed by atoms with Gasteiger partial charge in [-0.2, -0.15) is 0 Å². The maximum Gasteiger partial charge on any atom is 0.303 e. The molecule has 0 aromatic rings. The first kappa shape index (κ1) is 28.4. The number of ether oxygens (including phenoxy) is 1. The molecule has 0 aromatic carbocycles. The van der Waals surface area contributed by atoms with Gasteiger partial charge in [0, 0.05) is 13.0 Å². The summed E-state index contributed by atoms with van der Waals surface area (Å²) < 4.78 is 5.75. The highest BCUT2D eigenvalue weighted by atomic mass is 16.5. The summed E-state index contributed by atoms with van der Waals surface area (Å²) in [6.07, 6.45) is 19.1. The third-order valence-electron chi connectivity index (χ3n) is 5.58. The van der Waals surface area contributed by atoms with Crippen LogP contribution in [0, 0.1) is 0 Å². The molecule has 0 spiro atoms. The lowest BCUT2D eigenvalue weighted by Gasteiger charge is -2.22. The summed E-state index contributed by atoms with van der Waals surface area (Å²) in [6, 6.07) is 0. The maximum atomic E-state index is 10.5. The minimum atomic E-state index is -0.883. The van der Waals surface area contributed by atoms with Gasteiger partial charge in [0.05, 0.1) is 12.7 Å². The summed E-state index contributed by atoms with van der Waals surface area (Å²) in [7, 11) is 0. The normalized spacial score (nSPS) is 13.5. The zero-order valence-electron chi connectivity index (χ0n) is 19.0. The van der Waals surface area contributed by atoms with Crippen LogP contribution in [0.4, 0.5) is 0 Å². The van der Waals surface area contributed by atoms with Gasteiger partial charge >= 0.3 is 5.97 Å². The molecule has 3 N–H and O–H groups in total. The van der Waals surface area contributed by atoms with Gasteiger partial charge in [0.2, 0.25) is 0 Å². The summed E-state index contributed by atoms with van der Waals surface area (Å²) in [6.45, 7) is 2.54. The van der Waals surface area contributed by atoms with Crippen molar-refractivity contribution in [3.05, 3.63) is 0 Å². The molecule has 0 aliphatic carbocycles. The molecular weight excluding hydrogens is 368 g/mol. The molecule has 174 valence electrons. The SMILES string of the molecule is CCCCCCCCCCCCCCCCOC(CCCCC(=O)O)C(O)CO. The highest BCUT2D eigenvalue weighted by Gasteiger charge is 2.18. The number of unbranched alkanes of at least 4 members (excludes halogenated alkanes) is 14. The van der Waals surface area contributed by atoms with Crippen molar-refractivity contribution in [1.29, 1.82) is 0 Å². The van der Waals surface area contributed by atoms with Gasteiger partial charge in [0.15, 0.2) is 0 Å². The Bertz CT molecular complexity index is 348. The molecule has 0 amide bonds. The first-order chi connectivity index (χ1) is 14.1. The molecule has 0 saturated heterocycles. The summed E-state index contributed by atoms with van der Waals surface area (Å²) in [5.41, 5.74) is 0. The molecule has 0 saturated carbocycles. The predicted molar refractivity (Wildman–Crippen MR) is 119 cm³/mol. The fourth-order valence-corrected chi connectivity index (χ4v) is 3.66. The zero-order chi connectivity index (χ0) is 21.6. The number of aliphatic hydroxyl groups excluding tert-OH is 2. The number of carboxylic acid groups (broad SMARTS) is 1. The molecule has 0 heterocycles. The summed E-state index contributed by atoms with van der Waals surface area (Å²) >= 11 is 0. The number of hydrogen-bond donors (Lipinski definition) is 3. The predicted octanol–water partition coefficient (Wildman–Crippen LogP) is 5.85. The number of carboxylic acids is 1. The highest BCUT2D eigenvalue weighted by Crippen LogP contribution is 2.14. The minimum absolute atomic E-state index is 0.140. The molecule has 29 heavy (non-hydrogen) atoms. The van der Waals surface area contributed by atoms with Gasteiger partial charge in [-0.3, -0.25) is 4.79 Å². The van der Waals surface area contributed by atoms with Crippen LogP contribution >= 0.6 is 0 Å². The highest BCUT2D eigenvalue weighted by molar-refractivity contribution is 5.66. The van der Waals surface area contributed by atoms with E-state index in [2.05, 4.69) is 6.92 Å². The Morgan fingerprint density at radius 2 is 1.24 bits per heavy atom. The Labute approximate surface area is 179 Å². The van der Waals surface area contributed by atoms with Gasteiger partial charge in [-0.1, -0.05) is 96.8 Å². The minimum Gasteiger partial charge on any atom is -0.481 e. The van der Waals surface area contributed by atoms with Crippen LogP contribution in [0.25, 0.3) is 0 Å². The second kappa shape index (κ2) is 22.0. The van der Waals surface area contributed by atoms with Crippen LogP contribution in [-0.4, -0.2) is 46.7 Å². The van der Waals surface area contributed by atoms with Crippen molar-refractivity contribution in [2.24, 2.45) is 0 Å². The van der Waals surface area contributed by atoms with Crippen LogP contribution in [0.2, 0.25) is 0 Å². The molecule has 5 nitrogen and oxygen atoms in total. The van der Waals surface area contributed by atoms with Gasteiger partial charge in [-0.15, -0.1) is 0 Å². The van der Waals surface area contributed by atoms with E-state index in [4.69, 9.17) is 14.9 Å². The van der Waals surface area contributed by atoms with E-state index in [1.54, 1.807) is 0 Å². The number of aliphatic carboxylic acids is 1. The monoisotopic (exact) mass is 416 g/mol. The molecule has 0 aliphatic rings. The molecule has 0 fully saturated rings. The van der Waals surface area contributed by atoms with Crippen molar-refractivity contribution in [2.45, 2.75) is 135 Å². The molecule has 2 atom stereocenters. The van der Waals surface area contributed by atoms with E-state index in [9.17, 15) is 9.90 Å². The van der Waals surface area contributed by atoms with E-state index in [-0.39, 0.29) is 13.0 Å². The first-order valence-electron chi connectivity index (χ1n) is 12.2. The quantitative estimate of drug-likeness (QED) is 0.182. The molecule has 0 rings (SSSR count). The van der Waals surface area contributed by atoms with Crippen molar-refractivity contribution in [2.75, 3.05) is 13.2 Å². The Balaban J connectivity index is 3.47. The summed E-state index contributed by atoms with van der Waals surface area (Å²) in [5.74, 6) is -0.799. The lowest BCUT2D eigenvalue weighted by molar-refractivity contribution is -0.137. The molecule has 0 radical (unpaired) electrons. The first-order valence-corrected chi connectivity index (χ1v) is 12.2. The van der Waals surface area contributed by atoms with Gasteiger partial charge in [0.25, 0.3) is 0 Å². The Hall–Kier alpha value is -0.650. The lowest BCUT2D eigenvalue weighted by atomic mass is 10.0. The van der Waals surface area contributed by atoms with Crippen LogP contribution in [0.5, 0.6) is 0 Å². The van der Waals surface area contributed by atoms with Crippen molar-refractivity contribution < 1.29 is 24.9 Å². The molecule has 0 bridgehead atoms. The topological polar surface area (TPSA) is 87.0 Å². The van der Waals surface area contributed by atoms with Crippen LogP contribution in [0.15, 0.2) is 0 Å². The van der Waals surface area contributed by atoms with E-state index >= 15 is 0 Å².